The lowest BCUT2D eigenvalue weighted by atomic mass is 10.00. The van der Waals surface area contributed by atoms with Crippen molar-refractivity contribution in [2.45, 2.75) is 30.6 Å². The summed E-state index contributed by atoms with van der Waals surface area (Å²) in [6.45, 7) is 0. The predicted molar refractivity (Wildman–Crippen MR) is 94.8 cm³/mol. The van der Waals surface area contributed by atoms with Crippen molar-refractivity contribution < 1.29 is 14.7 Å². The molecule has 3 rings (SSSR count). The molecule has 2 unspecified atom stereocenters. The molecule has 0 bridgehead atoms. The summed E-state index contributed by atoms with van der Waals surface area (Å²) in [5.41, 5.74) is 3.11. The van der Waals surface area contributed by atoms with Crippen LogP contribution in [0.2, 0.25) is 0 Å². The summed E-state index contributed by atoms with van der Waals surface area (Å²) in [7, 11) is 0. The Labute approximate surface area is 145 Å². The van der Waals surface area contributed by atoms with E-state index in [9.17, 15) is 14.7 Å². The van der Waals surface area contributed by atoms with Gasteiger partial charge in [0.2, 0.25) is 5.91 Å². The molecule has 0 radical (unpaired) electrons. The second kappa shape index (κ2) is 7.64. The van der Waals surface area contributed by atoms with Gasteiger partial charge in [-0.3, -0.25) is 14.9 Å². The highest BCUT2D eigenvalue weighted by molar-refractivity contribution is 8.15. The summed E-state index contributed by atoms with van der Waals surface area (Å²) in [5, 5.41) is 11.9. The minimum absolute atomic E-state index is 0.208. The molecule has 2 atom stereocenters. The fraction of sp³-hybridized carbons (Fsp3) is 0.263. The lowest BCUT2D eigenvalue weighted by molar-refractivity contribution is -0.118. The Balaban J connectivity index is 1.53. The molecule has 0 aliphatic carbocycles. The van der Waals surface area contributed by atoms with Gasteiger partial charge >= 0.3 is 0 Å². The first-order valence-corrected chi connectivity index (χ1v) is 8.82. The highest BCUT2D eigenvalue weighted by atomic mass is 32.2. The van der Waals surface area contributed by atoms with E-state index in [1.165, 1.54) is 0 Å². The van der Waals surface area contributed by atoms with Crippen LogP contribution in [0.15, 0.2) is 54.6 Å². The summed E-state index contributed by atoms with van der Waals surface area (Å²) >= 11 is 1.05. The van der Waals surface area contributed by atoms with Crippen molar-refractivity contribution in [3.63, 3.8) is 0 Å². The third-order valence-corrected chi connectivity index (χ3v) is 5.08. The zero-order valence-electron chi connectivity index (χ0n) is 13.1. The zero-order valence-corrected chi connectivity index (χ0v) is 14.0. The van der Waals surface area contributed by atoms with Gasteiger partial charge in [-0.1, -0.05) is 66.4 Å². The van der Waals surface area contributed by atoms with E-state index in [0.29, 0.717) is 12.8 Å². The van der Waals surface area contributed by atoms with Crippen LogP contribution in [0, 0.1) is 0 Å². The van der Waals surface area contributed by atoms with E-state index in [1.807, 2.05) is 54.6 Å². The van der Waals surface area contributed by atoms with Crippen molar-refractivity contribution in [1.29, 1.82) is 0 Å². The second-order valence-corrected chi connectivity index (χ2v) is 7.04. The number of benzene rings is 2. The van der Waals surface area contributed by atoms with Crippen LogP contribution in [0.25, 0.3) is 0 Å². The largest absolute Gasteiger partial charge is 0.388 e. The number of imide groups is 1. The molecule has 1 heterocycles. The number of thioether (sulfide) groups is 1. The molecule has 1 saturated heterocycles. The number of aryl methyl sites for hydroxylation is 1. The smallest absolute Gasteiger partial charge is 0.286 e. The number of hydrogen-bond acceptors (Lipinski definition) is 4. The molecule has 4 nitrogen and oxygen atoms in total. The van der Waals surface area contributed by atoms with Gasteiger partial charge in [-0.25, -0.2) is 0 Å². The van der Waals surface area contributed by atoms with Gasteiger partial charge in [0, 0.05) is 0 Å². The molecule has 1 aliphatic heterocycles. The molecular formula is C19H19NO3S. The number of carbonyl (C=O) groups is 2. The van der Waals surface area contributed by atoms with Gasteiger partial charge in [0.05, 0.1) is 11.4 Å². The Morgan fingerprint density at radius 1 is 1.00 bits per heavy atom. The number of rotatable bonds is 6. The Hall–Kier alpha value is -2.11. The first kappa shape index (κ1) is 16.7. The highest BCUT2D eigenvalue weighted by Gasteiger charge is 2.31. The molecule has 2 aromatic rings. The molecule has 1 aliphatic rings. The van der Waals surface area contributed by atoms with Crippen molar-refractivity contribution in [3.05, 3.63) is 71.3 Å². The molecule has 0 spiro atoms. The maximum atomic E-state index is 11.6. The Morgan fingerprint density at radius 3 is 2.29 bits per heavy atom. The maximum Gasteiger partial charge on any atom is 0.286 e. The van der Waals surface area contributed by atoms with Gasteiger partial charge in [-0.05, 0) is 36.0 Å². The third kappa shape index (κ3) is 4.24. The van der Waals surface area contributed by atoms with Crippen molar-refractivity contribution in [1.82, 2.24) is 5.32 Å². The van der Waals surface area contributed by atoms with Gasteiger partial charge in [-0.2, -0.15) is 0 Å². The lowest BCUT2D eigenvalue weighted by Crippen LogP contribution is -2.25. The van der Waals surface area contributed by atoms with E-state index in [4.69, 9.17) is 0 Å². The third-order valence-electron chi connectivity index (χ3n) is 4.10. The van der Waals surface area contributed by atoms with Gasteiger partial charge in [0.25, 0.3) is 5.24 Å². The van der Waals surface area contributed by atoms with Crippen LogP contribution in [-0.4, -0.2) is 21.5 Å². The molecule has 2 aromatic carbocycles. The van der Waals surface area contributed by atoms with Crippen LogP contribution < -0.4 is 5.32 Å². The van der Waals surface area contributed by atoms with E-state index >= 15 is 0 Å². The predicted octanol–water partition coefficient (Wildman–Crippen LogP) is 3.25. The van der Waals surface area contributed by atoms with Crippen molar-refractivity contribution in [2.75, 3.05) is 0 Å². The Bertz CT molecular complexity index is 715. The summed E-state index contributed by atoms with van der Waals surface area (Å²) in [6.07, 6.45) is 1.54. The minimum Gasteiger partial charge on any atom is -0.388 e. The summed E-state index contributed by atoms with van der Waals surface area (Å²) < 4.78 is 0. The summed E-state index contributed by atoms with van der Waals surface area (Å²) in [6, 6.07) is 17.7. The Kier molecular flexibility index (Phi) is 5.33. The molecule has 0 aromatic heterocycles. The quantitative estimate of drug-likeness (QED) is 0.846. The first-order chi connectivity index (χ1) is 11.6. The SMILES string of the molecule is O=C1NC(=O)C(Cc2ccc(CCC(O)c3ccccc3)cc2)S1. The van der Waals surface area contributed by atoms with Crippen LogP contribution >= 0.6 is 11.8 Å². The van der Waals surface area contributed by atoms with Crippen molar-refractivity contribution in [2.24, 2.45) is 0 Å². The van der Waals surface area contributed by atoms with E-state index in [1.54, 1.807) is 0 Å². The zero-order chi connectivity index (χ0) is 16.9. The second-order valence-electron chi connectivity index (χ2n) is 5.87. The average molecular weight is 341 g/mol. The molecular weight excluding hydrogens is 322 g/mol. The molecule has 0 saturated carbocycles. The van der Waals surface area contributed by atoms with Gasteiger partial charge < -0.3 is 5.11 Å². The van der Waals surface area contributed by atoms with Crippen molar-refractivity contribution in [3.8, 4) is 0 Å². The van der Waals surface area contributed by atoms with Crippen LogP contribution in [0.4, 0.5) is 4.79 Å². The van der Waals surface area contributed by atoms with Gasteiger partial charge in [-0.15, -0.1) is 0 Å². The van der Waals surface area contributed by atoms with Crippen LogP contribution in [0.3, 0.4) is 0 Å². The number of aliphatic hydroxyl groups is 1. The average Bonchev–Trinajstić information content (AvgIpc) is 2.92. The fourth-order valence-corrected chi connectivity index (χ4v) is 3.59. The topological polar surface area (TPSA) is 66.4 Å². The number of aliphatic hydroxyl groups excluding tert-OH is 1. The number of hydrogen-bond donors (Lipinski definition) is 2. The molecule has 1 fully saturated rings. The fourth-order valence-electron chi connectivity index (χ4n) is 2.73. The number of amides is 2. The van der Waals surface area contributed by atoms with Gasteiger partial charge in [0.15, 0.2) is 0 Å². The molecule has 24 heavy (non-hydrogen) atoms. The molecule has 124 valence electrons. The lowest BCUT2D eigenvalue weighted by Gasteiger charge is -2.11. The van der Waals surface area contributed by atoms with E-state index in [-0.39, 0.29) is 16.4 Å². The minimum atomic E-state index is -0.463. The first-order valence-electron chi connectivity index (χ1n) is 7.94. The molecule has 5 heteroatoms. The van der Waals surface area contributed by atoms with Gasteiger partial charge in [0.1, 0.15) is 0 Å². The van der Waals surface area contributed by atoms with Crippen LogP contribution in [0.1, 0.15) is 29.2 Å². The molecule has 2 amide bonds. The summed E-state index contributed by atoms with van der Waals surface area (Å²) in [5.74, 6) is -0.208. The number of carbonyl (C=O) groups excluding carboxylic acids is 2. The highest BCUT2D eigenvalue weighted by Crippen LogP contribution is 2.23. The monoisotopic (exact) mass is 341 g/mol. The molecule has 2 N–H and O–H groups in total. The van der Waals surface area contributed by atoms with E-state index in [0.717, 1.165) is 34.9 Å². The summed E-state index contributed by atoms with van der Waals surface area (Å²) in [4.78, 5) is 22.8. The van der Waals surface area contributed by atoms with Crippen molar-refractivity contribution >= 4 is 22.9 Å². The van der Waals surface area contributed by atoms with Crippen LogP contribution in [0.5, 0.6) is 0 Å². The maximum absolute atomic E-state index is 11.6. The van der Waals surface area contributed by atoms with E-state index in [2.05, 4.69) is 5.32 Å². The van der Waals surface area contributed by atoms with E-state index < -0.39 is 6.10 Å². The van der Waals surface area contributed by atoms with Crippen LogP contribution in [-0.2, 0) is 17.6 Å². The normalized spacial score (nSPS) is 18.5. The standard InChI is InChI=1S/C19H19NO3S/c21-16(15-4-2-1-3-5-15)11-10-13-6-8-14(9-7-13)12-17-18(22)20-19(23)24-17/h1-9,16-17,21H,10-12H2,(H,20,22,23). The number of nitrogens with one attached hydrogen (secondary N) is 1. The Morgan fingerprint density at radius 2 is 1.67 bits per heavy atom.